The molecule has 5 heteroatoms. The summed E-state index contributed by atoms with van der Waals surface area (Å²) in [4.78, 5) is 26.4. The molecule has 3 aromatic rings. The van der Waals surface area contributed by atoms with E-state index in [4.69, 9.17) is 4.98 Å². The fourth-order valence-electron chi connectivity index (χ4n) is 3.68. The minimum atomic E-state index is 0.0212. The van der Waals surface area contributed by atoms with Gasteiger partial charge in [-0.1, -0.05) is 60.2 Å². The predicted molar refractivity (Wildman–Crippen MR) is 116 cm³/mol. The Morgan fingerprint density at radius 3 is 2.41 bits per heavy atom. The van der Waals surface area contributed by atoms with E-state index in [1.807, 2.05) is 47.2 Å². The van der Waals surface area contributed by atoms with Crippen molar-refractivity contribution < 1.29 is 4.79 Å². The monoisotopic (exact) mass is 386 g/mol. The Bertz CT molecular complexity index is 980. The molecule has 2 heterocycles. The smallest absolute Gasteiger partial charge is 0.259 e. The molecule has 1 aliphatic rings. The van der Waals surface area contributed by atoms with Gasteiger partial charge in [0, 0.05) is 38.4 Å². The summed E-state index contributed by atoms with van der Waals surface area (Å²) < 4.78 is 0. The van der Waals surface area contributed by atoms with Crippen molar-refractivity contribution in [2.45, 2.75) is 26.3 Å². The third-order valence-corrected chi connectivity index (χ3v) is 5.33. The zero-order chi connectivity index (χ0) is 20.2. The van der Waals surface area contributed by atoms with Crippen molar-refractivity contribution >= 4 is 11.7 Å². The number of likely N-dealkylation sites (tertiary alicyclic amines) is 1. The molecular weight excluding hydrogens is 360 g/mol. The van der Waals surface area contributed by atoms with E-state index in [2.05, 4.69) is 36.2 Å². The number of hydrogen-bond donors (Lipinski definition) is 0. The number of carbonyl (C=O) groups excluding carboxylic acids is 1. The molecule has 0 aliphatic carbocycles. The second kappa shape index (κ2) is 8.43. The Labute approximate surface area is 172 Å². The first kappa shape index (κ1) is 19.1. The SMILES string of the molecule is Cc1ccc(-c2ncc(C(=O)N3CCCC3)c(N(C)Cc3ccccc3)n2)cc1. The maximum atomic E-state index is 13.1. The molecule has 0 N–H and O–H groups in total. The third-order valence-electron chi connectivity index (χ3n) is 5.33. The van der Waals surface area contributed by atoms with Gasteiger partial charge in [0.25, 0.3) is 5.91 Å². The van der Waals surface area contributed by atoms with Crippen LogP contribution in [0.1, 0.15) is 34.3 Å². The van der Waals surface area contributed by atoms with Gasteiger partial charge < -0.3 is 9.80 Å². The zero-order valence-electron chi connectivity index (χ0n) is 17.0. The number of benzene rings is 2. The molecule has 1 saturated heterocycles. The van der Waals surface area contributed by atoms with Crippen LogP contribution >= 0.6 is 0 Å². The van der Waals surface area contributed by atoms with Crippen LogP contribution in [0.2, 0.25) is 0 Å². The Hall–Kier alpha value is -3.21. The number of aryl methyl sites for hydroxylation is 1. The fourth-order valence-corrected chi connectivity index (χ4v) is 3.68. The van der Waals surface area contributed by atoms with E-state index in [9.17, 15) is 4.79 Å². The zero-order valence-corrected chi connectivity index (χ0v) is 17.0. The Kier molecular flexibility index (Phi) is 5.56. The molecule has 5 nitrogen and oxygen atoms in total. The quantitative estimate of drug-likeness (QED) is 0.655. The number of aromatic nitrogens is 2. The summed E-state index contributed by atoms with van der Waals surface area (Å²) in [6.45, 7) is 4.34. The maximum Gasteiger partial charge on any atom is 0.259 e. The van der Waals surface area contributed by atoms with Gasteiger partial charge in [0.1, 0.15) is 11.4 Å². The fraction of sp³-hybridized carbons (Fsp3) is 0.292. The van der Waals surface area contributed by atoms with Crippen LogP contribution in [0.5, 0.6) is 0 Å². The van der Waals surface area contributed by atoms with Crippen LogP contribution in [0.4, 0.5) is 5.82 Å². The molecule has 0 radical (unpaired) electrons. The third kappa shape index (κ3) is 4.29. The van der Waals surface area contributed by atoms with E-state index in [0.29, 0.717) is 23.8 Å². The molecule has 0 saturated carbocycles. The summed E-state index contributed by atoms with van der Waals surface area (Å²) in [5.74, 6) is 1.34. The van der Waals surface area contributed by atoms with Gasteiger partial charge in [0.15, 0.2) is 5.82 Å². The Balaban J connectivity index is 1.71. The highest BCUT2D eigenvalue weighted by Crippen LogP contribution is 2.25. The minimum absolute atomic E-state index is 0.0212. The second-order valence-electron chi connectivity index (χ2n) is 7.64. The summed E-state index contributed by atoms with van der Waals surface area (Å²) in [7, 11) is 1.98. The van der Waals surface area contributed by atoms with Crippen molar-refractivity contribution in [2.24, 2.45) is 0 Å². The molecule has 0 unspecified atom stereocenters. The van der Waals surface area contributed by atoms with Crippen LogP contribution in [0.25, 0.3) is 11.4 Å². The predicted octanol–water partition coefficient (Wildman–Crippen LogP) is 4.32. The summed E-state index contributed by atoms with van der Waals surface area (Å²) in [5.41, 5.74) is 3.88. The first-order valence-electron chi connectivity index (χ1n) is 10.1. The highest BCUT2D eigenvalue weighted by molar-refractivity contribution is 5.99. The second-order valence-corrected chi connectivity index (χ2v) is 7.64. The lowest BCUT2D eigenvalue weighted by Crippen LogP contribution is -2.30. The largest absolute Gasteiger partial charge is 0.355 e. The van der Waals surface area contributed by atoms with Crippen molar-refractivity contribution in [3.8, 4) is 11.4 Å². The van der Waals surface area contributed by atoms with Gasteiger partial charge in [0.2, 0.25) is 0 Å². The first-order valence-corrected chi connectivity index (χ1v) is 10.1. The van der Waals surface area contributed by atoms with Gasteiger partial charge in [-0.15, -0.1) is 0 Å². The van der Waals surface area contributed by atoms with Crippen LogP contribution in [0.15, 0.2) is 60.8 Å². The lowest BCUT2D eigenvalue weighted by Gasteiger charge is -2.23. The first-order chi connectivity index (χ1) is 14.1. The van der Waals surface area contributed by atoms with Gasteiger partial charge >= 0.3 is 0 Å². The average Bonchev–Trinajstić information content (AvgIpc) is 3.29. The van der Waals surface area contributed by atoms with Gasteiger partial charge in [-0.05, 0) is 25.3 Å². The molecule has 1 fully saturated rings. The Morgan fingerprint density at radius 2 is 1.72 bits per heavy atom. The molecule has 148 valence electrons. The van der Waals surface area contributed by atoms with Crippen LogP contribution in [0.3, 0.4) is 0 Å². The normalized spacial score (nSPS) is 13.5. The topological polar surface area (TPSA) is 49.3 Å². The van der Waals surface area contributed by atoms with Crippen molar-refractivity contribution in [2.75, 3.05) is 25.0 Å². The molecule has 1 aromatic heterocycles. The maximum absolute atomic E-state index is 13.1. The lowest BCUT2D eigenvalue weighted by molar-refractivity contribution is 0.0792. The van der Waals surface area contributed by atoms with Crippen molar-refractivity contribution in [3.05, 3.63) is 77.5 Å². The van der Waals surface area contributed by atoms with E-state index in [1.165, 1.54) is 11.1 Å². The Morgan fingerprint density at radius 1 is 1.03 bits per heavy atom. The highest BCUT2D eigenvalue weighted by Gasteiger charge is 2.25. The number of carbonyl (C=O) groups is 1. The number of hydrogen-bond acceptors (Lipinski definition) is 4. The molecule has 29 heavy (non-hydrogen) atoms. The van der Waals surface area contributed by atoms with Crippen LogP contribution < -0.4 is 4.90 Å². The molecule has 0 atom stereocenters. The number of amides is 1. The summed E-state index contributed by atoms with van der Waals surface area (Å²) in [6.07, 6.45) is 3.81. The van der Waals surface area contributed by atoms with Gasteiger partial charge in [-0.25, -0.2) is 9.97 Å². The number of rotatable bonds is 5. The number of nitrogens with zero attached hydrogens (tertiary/aromatic N) is 4. The van der Waals surface area contributed by atoms with E-state index in [0.717, 1.165) is 31.5 Å². The standard InChI is InChI=1S/C24H26N4O/c1-18-10-12-20(13-11-18)22-25-16-21(24(29)28-14-6-7-15-28)23(26-22)27(2)17-19-8-4-3-5-9-19/h3-5,8-13,16H,6-7,14-15,17H2,1-2H3. The molecular formula is C24H26N4O. The van der Waals surface area contributed by atoms with Crippen LogP contribution in [0, 0.1) is 6.92 Å². The van der Waals surface area contributed by atoms with Gasteiger partial charge in [-0.3, -0.25) is 4.79 Å². The van der Waals surface area contributed by atoms with Crippen LogP contribution in [-0.4, -0.2) is 40.9 Å². The van der Waals surface area contributed by atoms with E-state index in [1.54, 1.807) is 6.20 Å². The number of anilines is 1. The molecule has 1 aliphatic heterocycles. The van der Waals surface area contributed by atoms with Crippen molar-refractivity contribution in [1.82, 2.24) is 14.9 Å². The molecule has 0 bridgehead atoms. The van der Waals surface area contributed by atoms with Crippen molar-refractivity contribution in [1.29, 1.82) is 0 Å². The van der Waals surface area contributed by atoms with E-state index in [-0.39, 0.29) is 5.91 Å². The molecule has 0 spiro atoms. The van der Waals surface area contributed by atoms with Gasteiger partial charge in [-0.2, -0.15) is 0 Å². The summed E-state index contributed by atoms with van der Waals surface area (Å²) >= 11 is 0. The van der Waals surface area contributed by atoms with E-state index >= 15 is 0 Å². The summed E-state index contributed by atoms with van der Waals surface area (Å²) in [5, 5.41) is 0. The highest BCUT2D eigenvalue weighted by atomic mass is 16.2. The molecule has 1 amide bonds. The molecule has 2 aromatic carbocycles. The van der Waals surface area contributed by atoms with Crippen molar-refractivity contribution in [3.63, 3.8) is 0 Å². The molecule has 4 rings (SSSR count). The van der Waals surface area contributed by atoms with Crippen LogP contribution in [-0.2, 0) is 6.54 Å². The average molecular weight is 386 g/mol. The van der Waals surface area contributed by atoms with E-state index < -0.39 is 0 Å². The summed E-state index contributed by atoms with van der Waals surface area (Å²) in [6, 6.07) is 18.4. The lowest BCUT2D eigenvalue weighted by atomic mass is 10.1. The van der Waals surface area contributed by atoms with Gasteiger partial charge in [0.05, 0.1) is 0 Å². The minimum Gasteiger partial charge on any atom is -0.355 e.